The number of rotatable bonds is 3. The van der Waals surface area contributed by atoms with Gasteiger partial charge < -0.3 is 10.2 Å². The smallest absolute Gasteiger partial charge is 0.274 e. The summed E-state index contributed by atoms with van der Waals surface area (Å²) >= 11 is 0. The Kier molecular flexibility index (Phi) is 5.35. The van der Waals surface area contributed by atoms with Crippen molar-refractivity contribution < 1.29 is 9.59 Å². The molecule has 1 N–H and O–H groups in total. The first kappa shape index (κ1) is 18.1. The number of nitrogens with one attached hydrogen (secondary N) is 1. The minimum Gasteiger partial charge on any atom is -0.339 e. The molecule has 5 heteroatoms. The molecule has 1 fully saturated rings. The van der Waals surface area contributed by atoms with E-state index in [-0.39, 0.29) is 17.5 Å². The topological polar surface area (TPSA) is 62.3 Å². The van der Waals surface area contributed by atoms with E-state index in [1.807, 2.05) is 36.9 Å². The number of hydrogen-bond donors (Lipinski definition) is 1. The summed E-state index contributed by atoms with van der Waals surface area (Å²) in [5, 5.41) is 2.89. The van der Waals surface area contributed by atoms with E-state index >= 15 is 0 Å². The number of aryl methyl sites for hydroxylation is 2. The van der Waals surface area contributed by atoms with Gasteiger partial charge in [-0.1, -0.05) is 19.1 Å². The van der Waals surface area contributed by atoms with E-state index in [1.165, 1.54) is 6.20 Å². The summed E-state index contributed by atoms with van der Waals surface area (Å²) in [6, 6.07) is 9.16. The predicted octanol–water partition coefficient (Wildman–Crippen LogP) is 3.82. The molecule has 26 heavy (non-hydrogen) atoms. The lowest BCUT2D eigenvalue weighted by Crippen LogP contribution is -2.38. The van der Waals surface area contributed by atoms with Gasteiger partial charge in [0, 0.05) is 30.5 Å². The van der Waals surface area contributed by atoms with Crippen LogP contribution in [0.15, 0.2) is 36.5 Å². The van der Waals surface area contributed by atoms with Gasteiger partial charge in [0.05, 0.1) is 0 Å². The number of carbonyl (C=O) groups is 2. The molecule has 1 aromatic carbocycles. The quantitative estimate of drug-likeness (QED) is 0.914. The number of hydrogen-bond acceptors (Lipinski definition) is 3. The minimum absolute atomic E-state index is 0.0277. The van der Waals surface area contributed by atoms with Crippen molar-refractivity contribution in [2.75, 3.05) is 18.4 Å². The first-order chi connectivity index (χ1) is 12.4. The summed E-state index contributed by atoms with van der Waals surface area (Å²) in [7, 11) is 0. The van der Waals surface area contributed by atoms with Gasteiger partial charge in [0.15, 0.2) is 0 Å². The maximum Gasteiger partial charge on any atom is 0.274 e. The standard InChI is InChI=1S/C21H25N3O2/c1-14-7-10-24(11-8-14)21(26)17-6-9-22-19(13-17)20(25)23-18-12-15(2)4-5-16(18)3/h4-6,9,12-14H,7-8,10-11H2,1-3H3,(H,23,25). The van der Waals surface area contributed by atoms with E-state index in [4.69, 9.17) is 0 Å². The van der Waals surface area contributed by atoms with Gasteiger partial charge in [-0.05, 0) is 61.9 Å². The molecule has 1 saturated heterocycles. The van der Waals surface area contributed by atoms with Crippen molar-refractivity contribution in [3.05, 3.63) is 58.9 Å². The van der Waals surface area contributed by atoms with Crippen LogP contribution in [0, 0.1) is 19.8 Å². The predicted molar refractivity (Wildman–Crippen MR) is 102 cm³/mol. The molecule has 2 heterocycles. The molecule has 5 nitrogen and oxygen atoms in total. The molecule has 0 atom stereocenters. The van der Waals surface area contributed by atoms with Crippen molar-refractivity contribution in [2.45, 2.75) is 33.6 Å². The molecule has 136 valence electrons. The third kappa shape index (κ3) is 4.10. The zero-order chi connectivity index (χ0) is 18.7. The summed E-state index contributed by atoms with van der Waals surface area (Å²) in [5.41, 5.74) is 3.59. The molecule has 3 rings (SSSR count). The second kappa shape index (κ2) is 7.68. The fraction of sp³-hybridized carbons (Fsp3) is 0.381. The summed E-state index contributed by atoms with van der Waals surface area (Å²) in [5.74, 6) is 0.330. The van der Waals surface area contributed by atoms with Gasteiger partial charge in [-0.25, -0.2) is 0 Å². The number of benzene rings is 1. The Balaban J connectivity index is 1.75. The lowest BCUT2D eigenvalue weighted by molar-refractivity contribution is 0.0697. The maximum absolute atomic E-state index is 12.7. The second-order valence-electron chi connectivity index (χ2n) is 7.18. The Labute approximate surface area is 154 Å². The van der Waals surface area contributed by atoms with E-state index in [2.05, 4.69) is 17.2 Å². The number of amides is 2. The zero-order valence-corrected chi connectivity index (χ0v) is 15.6. The van der Waals surface area contributed by atoms with Crippen LogP contribution in [0.25, 0.3) is 0 Å². The van der Waals surface area contributed by atoms with Crippen LogP contribution in [0.5, 0.6) is 0 Å². The summed E-state index contributed by atoms with van der Waals surface area (Å²) in [6.07, 6.45) is 3.57. The fourth-order valence-electron chi connectivity index (χ4n) is 3.14. The Morgan fingerprint density at radius 3 is 2.58 bits per heavy atom. The van der Waals surface area contributed by atoms with Gasteiger partial charge in [-0.3, -0.25) is 14.6 Å². The van der Waals surface area contributed by atoms with Crippen LogP contribution < -0.4 is 5.32 Å². The van der Waals surface area contributed by atoms with Crippen molar-refractivity contribution in [3.8, 4) is 0 Å². The molecular weight excluding hydrogens is 326 g/mol. The lowest BCUT2D eigenvalue weighted by Gasteiger charge is -2.30. The van der Waals surface area contributed by atoms with Crippen molar-refractivity contribution >= 4 is 17.5 Å². The number of nitrogens with zero attached hydrogens (tertiary/aromatic N) is 2. The molecule has 2 amide bonds. The molecule has 0 aliphatic carbocycles. The molecule has 1 aliphatic heterocycles. The van der Waals surface area contributed by atoms with Crippen LogP contribution >= 0.6 is 0 Å². The average Bonchev–Trinajstić information content (AvgIpc) is 2.65. The minimum atomic E-state index is -0.305. The Bertz CT molecular complexity index is 824. The molecular formula is C21H25N3O2. The van der Waals surface area contributed by atoms with Crippen LogP contribution in [-0.4, -0.2) is 34.8 Å². The average molecular weight is 351 g/mol. The molecule has 0 radical (unpaired) electrons. The molecule has 1 aromatic heterocycles. The van der Waals surface area contributed by atoms with Gasteiger partial charge in [-0.2, -0.15) is 0 Å². The second-order valence-corrected chi connectivity index (χ2v) is 7.18. The number of anilines is 1. The van der Waals surface area contributed by atoms with Crippen LogP contribution in [0.4, 0.5) is 5.69 Å². The van der Waals surface area contributed by atoms with Crippen LogP contribution in [0.1, 0.15) is 51.7 Å². The van der Waals surface area contributed by atoms with E-state index in [0.29, 0.717) is 11.5 Å². The largest absolute Gasteiger partial charge is 0.339 e. The summed E-state index contributed by atoms with van der Waals surface area (Å²) in [4.78, 5) is 31.3. The van der Waals surface area contributed by atoms with Crippen molar-refractivity contribution in [1.29, 1.82) is 0 Å². The lowest BCUT2D eigenvalue weighted by atomic mass is 9.98. The SMILES string of the molecule is Cc1ccc(C)c(NC(=O)c2cc(C(=O)N3CCC(C)CC3)ccn2)c1. The van der Waals surface area contributed by atoms with Crippen LogP contribution in [-0.2, 0) is 0 Å². The molecule has 0 spiro atoms. The highest BCUT2D eigenvalue weighted by Gasteiger charge is 2.22. The van der Waals surface area contributed by atoms with E-state index in [1.54, 1.807) is 12.1 Å². The highest BCUT2D eigenvalue weighted by atomic mass is 16.2. The van der Waals surface area contributed by atoms with Crippen molar-refractivity contribution in [1.82, 2.24) is 9.88 Å². The van der Waals surface area contributed by atoms with Gasteiger partial charge in [0.25, 0.3) is 11.8 Å². The molecule has 1 aliphatic rings. The highest BCUT2D eigenvalue weighted by Crippen LogP contribution is 2.19. The Morgan fingerprint density at radius 1 is 1.12 bits per heavy atom. The van der Waals surface area contributed by atoms with Crippen molar-refractivity contribution in [3.63, 3.8) is 0 Å². The van der Waals surface area contributed by atoms with E-state index in [9.17, 15) is 9.59 Å². The zero-order valence-electron chi connectivity index (χ0n) is 15.6. The van der Waals surface area contributed by atoms with E-state index < -0.39 is 0 Å². The molecule has 0 bridgehead atoms. The van der Waals surface area contributed by atoms with Gasteiger partial charge in [-0.15, -0.1) is 0 Å². The first-order valence-electron chi connectivity index (χ1n) is 9.08. The monoisotopic (exact) mass is 351 g/mol. The van der Waals surface area contributed by atoms with Crippen LogP contribution in [0.2, 0.25) is 0 Å². The number of likely N-dealkylation sites (tertiary alicyclic amines) is 1. The summed E-state index contributed by atoms with van der Waals surface area (Å²) in [6.45, 7) is 7.68. The number of carbonyl (C=O) groups excluding carboxylic acids is 2. The molecule has 0 unspecified atom stereocenters. The maximum atomic E-state index is 12.7. The Morgan fingerprint density at radius 2 is 1.85 bits per heavy atom. The number of aromatic nitrogens is 1. The first-order valence-corrected chi connectivity index (χ1v) is 9.08. The summed E-state index contributed by atoms with van der Waals surface area (Å²) < 4.78 is 0. The van der Waals surface area contributed by atoms with Gasteiger partial charge in [0.2, 0.25) is 0 Å². The number of pyridine rings is 1. The van der Waals surface area contributed by atoms with Crippen molar-refractivity contribution in [2.24, 2.45) is 5.92 Å². The third-order valence-corrected chi connectivity index (χ3v) is 4.95. The third-order valence-electron chi connectivity index (χ3n) is 4.95. The van der Waals surface area contributed by atoms with Gasteiger partial charge >= 0.3 is 0 Å². The van der Waals surface area contributed by atoms with Crippen LogP contribution in [0.3, 0.4) is 0 Å². The Hall–Kier alpha value is -2.69. The van der Waals surface area contributed by atoms with E-state index in [0.717, 1.165) is 42.7 Å². The number of piperidine rings is 1. The molecule has 0 saturated carbocycles. The van der Waals surface area contributed by atoms with Gasteiger partial charge in [0.1, 0.15) is 5.69 Å². The fourth-order valence-corrected chi connectivity index (χ4v) is 3.14. The normalized spacial score (nSPS) is 15.0. The molecule has 2 aromatic rings. The highest BCUT2D eigenvalue weighted by molar-refractivity contribution is 6.05.